The van der Waals surface area contributed by atoms with Crippen LogP contribution in [0.15, 0.2) is 24.3 Å². The molecule has 0 radical (unpaired) electrons. The summed E-state index contributed by atoms with van der Waals surface area (Å²) in [6, 6.07) is 8.12. The fraction of sp³-hybridized carbons (Fsp3) is 0.550. The van der Waals surface area contributed by atoms with Crippen molar-refractivity contribution < 1.29 is 9.53 Å². The molecule has 2 aliphatic heterocycles. The third kappa shape index (κ3) is 4.08. The molecule has 1 unspecified atom stereocenters. The molecule has 1 fully saturated rings. The Morgan fingerprint density at radius 3 is 3.00 bits per heavy atom. The number of ether oxygens (including phenoxy) is 1. The maximum atomic E-state index is 13.0. The summed E-state index contributed by atoms with van der Waals surface area (Å²) in [6.07, 6.45) is 3.31. The van der Waals surface area contributed by atoms with E-state index in [0.29, 0.717) is 13.0 Å². The van der Waals surface area contributed by atoms with Crippen LogP contribution in [0.25, 0.3) is 0 Å². The zero-order valence-corrected chi connectivity index (χ0v) is 16.6. The second kappa shape index (κ2) is 8.25. The van der Waals surface area contributed by atoms with Crippen LogP contribution >= 0.6 is 11.5 Å². The highest BCUT2D eigenvalue weighted by Crippen LogP contribution is 2.35. The van der Waals surface area contributed by atoms with Gasteiger partial charge in [-0.05, 0) is 30.4 Å². The molecule has 1 amide bonds. The number of para-hydroxylation sites is 1. The molecule has 0 bridgehead atoms. The number of nitrogens with zero attached hydrogens (tertiary/aromatic N) is 4. The third-order valence-corrected chi connectivity index (χ3v) is 6.21. The lowest BCUT2D eigenvalue weighted by Gasteiger charge is -2.28. The molecule has 4 rings (SSSR count). The normalized spacial score (nSPS) is 20.0. The minimum atomic E-state index is 0.255. The summed E-state index contributed by atoms with van der Waals surface area (Å²) in [5, 5.41) is 0.986. The number of aryl methyl sites for hydroxylation is 1. The van der Waals surface area contributed by atoms with Gasteiger partial charge >= 0.3 is 0 Å². The topological polar surface area (TPSA) is 58.6 Å². The first kappa shape index (κ1) is 18.2. The molecule has 1 aromatic heterocycles. The number of aromatic nitrogens is 2. The van der Waals surface area contributed by atoms with Gasteiger partial charge in [-0.1, -0.05) is 25.1 Å². The van der Waals surface area contributed by atoms with E-state index in [2.05, 4.69) is 27.2 Å². The standard InChI is InChI=1S/C20H26N4O2S/c1-2-18-21-20(27-22-18)24-10-5-9-23(11-12-24)19(25)14-15-8-13-26-17-7-4-3-6-16(15)17/h3-4,6-7,15H,2,5,8-14H2,1H3. The molecule has 144 valence electrons. The van der Waals surface area contributed by atoms with E-state index in [1.807, 2.05) is 23.1 Å². The van der Waals surface area contributed by atoms with E-state index in [-0.39, 0.29) is 11.8 Å². The molecule has 0 spiro atoms. The molecule has 1 atom stereocenters. The van der Waals surface area contributed by atoms with Gasteiger partial charge in [-0.3, -0.25) is 4.79 Å². The van der Waals surface area contributed by atoms with Crippen molar-refractivity contribution in [2.24, 2.45) is 0 Å². The highest BCUT2D eigenvalue weighted by atomic mass is 32.1. The van der Waals surface area contributed by atoms with Crippen LogP contribution in [0.4, 0.5) is 5.13 Å². The molecule has 7 heteroatoms. The minimum absolute atomic E-state index is 0.255. The van der Waals surface area contributed by atoms with E-state index in [0.717, 1.165) is 62.1 Å². The molecule has 27 heavy (non-hydrogen) atoms. The lowest BCUT2D eigenvalue weighted by molar-refractivity contribution is -0.131. The number of amides is 1. The molecule has 1 saturated heterocycles. The van der Waals surface area contributed by atoms with Gasteiger partial charge in [0.25, 0.3) is 0 Å². The molecular formula is C20H26N4O2S. The molecular weight excluding hydrogens is 360 g/mol. The Balaban J connectivity index is 1.37. The van der Waals surface area contributed by atoms with Gasteiger partial charge in [0.2, 0.25) is 11.0 Å². The number of rotatable bonds is 4. The SMILES string of the molecule is CCc1nsc(N2CCCN(C(=O)CC3CCOc4ccccc43)CC2)n1. The van der Waals surface area contributed by atoms with Crippen LogP contribution in [0, 0.1) is 0 Å². The summed E-state index contributed by atoms with van der Waals surface area (Å²) in [4.78, 5) is 21.9. The number of hydrogen-bond acceptors (Lipinski definition) is 6. The Labute approximate surface area is 164 Å². The highest BCUT2D eigenvalue weighted by molar-refractivity contribution is 7.09. The monoisotopic (exact) mass is 386 g/mol. The van der Waals surface area contributed by atoms with Crippen molar-refractivity contribution in [3.63, 3.8) is 0 Å². The lowest BCUT2D eigenvalue weighted by atomic mass is 9.90. The molecule has 0 aliphatic carbocycles. The largest absolute Gasteiger partial charge is 0.493 e. The van der Waals surface area contributed by atoms with Crippen LogP contribution in [0.2, 0.25) is 0 Å². The number of carbonyl (C=O) groups excluding carboxylic acids is 1. The van der Waals surface area contributed by atoms with Crippen molar-refractivity contribution in [3.05, 3.63) is 35.7 Å². The molecule has 6 nitrogen and oxygen atoms in total. The van der Waals surface area contributed by atoms with Crippen LogP contribution in [0.3, 0.4) is 0 Å². The van der Waals surface area contributed by atoms with E-state index >= 15 is 0 Å². The van der Waals surface area contributed by atoms with Crippen molar-refractivity contribution in [3.8, 4) is 5.75 Å². The Bertz CT molecular complexity index is 794. The zero-order chi connectivity index (χ0) is 18.6. The summed E-state index contributed by atoms with van der Waals surface area (Å²) in [5.74, 6) is 2.36. The number of anilines is 1. The Morgan fingerprint density at radius 1 is 1.26 bits per heavy atom. The van der Waals surface area contributed by atoms with Gasteiger partial charge in [-0.25, -0.2) is 4.98 Å². The third-order valence-electron chi connectivity index (χ3n) is 5.40. The summed E-state index contributed by atoms with van der Waals surface area (Å²) >= 11 is 1.47. The van der Waals surface area contributed by atoms with Crippen molar-refractivity contribution in [2.75, 3.05) is 37.7 Å². The zero-order valence-electron chi connectivity index (χ0n) is 15.8. The van der Waals surface area contributed by atoms with Crippen LogP contribution in [-0.4, -0.2) is 53.0 Å². The predicted octanol–water partition coefficient (Wildman–Crippen LogP) is 3.10. The van der Waals surface area contributed by atoms with Gasteiger partial charge in [-0.15, -0.1) is 0 Å². The van der Waals surface area contributed by atoms with Gasteiger partial charge in [-0.2, -0.15) is 4.37 Å². The maximum Gasteiger partial charge on any atom is 0.223 e. The Hall–Kier alpha value is -2.15. The first-order chi connectivity index (χ1) is 13.2. The molecule has 1 aromatic carbocycles. The van der Waals surface area contributed by atoms with Crippen LogP contribution in [0.1, 0.15) is 43.5 Å². The van der Waals surface area contributed by atoms with Crippen molar-refractivity contribution in [1.29, 1.82) is 0 Å². The van der Waals surface area contributed by atoms with Crippen molar-refractivity contribution in [2.45, 2.75) is 38.5 Å². The van der Waals surface area contributed by atoms with Gasteiger partial charge < -0.3 is 14.5 Å². The molecule has 0 saturated carbocycles. The predicted molar refractivity (Wildman–Crippen MR) is 107 cm³/mol. The van der Waals surface area contributed by atoms with Crippen LogP contribution in [0.5, 0.6) is 5.75 Å². The van der Waals surface area contributed by atoms with Gasteiger partial charge in [0.15, 0.2) is 0 Å². The first-order valence-corrected chi connectivity index (χ1v) is 10.6. The number of carbonyl (C=O) groups is 1. The Kier molecular flexibility index (Phi) is 5.57. The fourth-order valence-corrected chi connectivity index (χ4v) is 4.64. The first-order valence-electron chi connectivity index (χ1n) is 9.81. The molecule has 2 aliphatic rings. The van der Waals surface area contributed by atoms with E-state index in [9.17, 15) is 4.79 Å². The average molecular weight is 387 g/mol. The Morgan fingerprint density at radius 2 is 2.15 bits per heavy atom. The number of hydrogen-bond donors (Lipinski definition) is 0. The second-order valence-corrected chi connectivity index (χ2v) is 7.87. The minimum Gasteiger partial charge on any atom is -0.493 e. The van der Waals surface area contributed by atoms with Gasteiger partial charge in [0, 0.05) is 50.6 Å². The van der Waals surface area contributed by atoms with Crippen LogP contribution in [-0.2, 0) is 11.2 Å². The number of benzene rings is 1. The fourth-order valence-electron chi connectivity index (χ4n) is 3.84. The van der Waals surface area contributed by atoms with E-state index in [1.165, 1.54) is 17.1 Å². The summed E-state index contributed by atoms with van der Waals surface area (Å²) in [7, 11) is 0. The second-order valence-electron chi connectivity index (χ2n) is 7.14. The summed E-state index contributed by atoms with van der Waals surface area (Å²) in [6.45, 7) is 6.10. The molecule has 2 aromatic rings. The maximum absolute atomic E-state index is 13.0. The van der Waals surface area contributed by atoms with Crippen molar-refractivity contribution >= 4 is 22.6 Å². The lowest BCUT2D eigenvalue weighted by Crippen LogP contribution is -2.36. The summed E-state index contributed by atoms with van der Waals surface area (Å²) < 4.78 is 10.1. The molecule has 0 N–H and O–H groups in total. The average Bonchev–Trinajstić information content (AvgIpc) is 3.05. The van der Waals surface area contributed by atoms with Gasteiger partial charge in [0.1, 0.15) is 11.6 Å². The van der Waals surface area contributed by atoms with Crippen LogP contribution < -0.4 is 9.64 Å². The smallest absolute Gasteiger partial charge is 0.223 e. The van der Waals surface area contributed by atoms with Crippen molar-refractivity contribution in [1.82, 2.24) is 14.3 Å². The summed E-state index contributed by atoms with van der Waals surface area (Å²) in [5.41, 5.74) is 1.18. The van der Waals surface area contributed by atoms with Gasteiger partial charge in [0.05, 0.1) is 6.61 Å². The van der Waals surface area contributed by atoms with E-state index in [1.54, 1.807) is 0 Å². The quantitative estimate of drug-likeness (QED) is 0.808. The van der Waals surface area contributed by atoms with E-state index < -0.39 is 0 Å². The highest BCUT2D eigenvalue weighted by Gasteiger charge is 2.27. The number of fused-ring (bicyclic) bond motifs is 1. The molecule has 3 heterocycles. The van der Waals surface area contributed by atoms with E-state index in [4.69, 9.17) is 4.74 Å².